The molecule has 2 rings (SSSR count). The second kappa shape index (κ2) is 6.37. The number of likely N-dealkylation sites (tertiary alicyclic amines) is 2. The summed E-state index contributed by atoms with van der Waals surface area (Å²) in [5.74, 6) is 0. The molecule has 2 saturated heterocycles. The fraction of sp³-hybridized carbons (Fsp3) is 1.00. The number of piperidine rings is 1. The van der Waals surface area contributed by atoms with Crippen molar-refractivity contribution in [2.75, 3.05) is 32.7 Å². The van der Waals surface area contributed by atoms with Crippen LogP contribution in [0.1, 0.15) is 39.5 Å². The molecule has 17 heavy (non-hydrogen) atoms. The third kappa shape index (κ3) is 4.74. The molecule has 2 aliphatic heterocycles. The highest BCUT2D eigenvalue weighted by molar-refractivity contribution is 5.85. The van der Waals surface area contributed by atoms with Gasteiger partial charge in [0.05, 0.1) is 0 Å². The zero-order valence-corrected chi connectivity index (χ0v) is 12.1. The molecule has 0 aromatic carbocycles. The van der Waals surface area contributed by atoms with E-state index in [1.807, 2.05) is 0 Å². The van der Waals surface area contributed by atoms with E-state index < -0.39 is 0 Å². The Balaban J connectivity index is 0.00000144. The van der Waals surface area contributed by atoms with Crippen molar-refractivity contribution in [3.05, 3.63) is 0 Å². The summed E-state index contributed by atoms with van der Waals surface area (Å²) in [6.07, 6.45) is 5.58. The van der Waals surface area contributed by atoms with E-state index >= 15 is 0 Å². The SMILES string of the molecule is CC(C)(N)CN1CCC(N2CCCCC2)C1.Cl. The molecular weight excluding hydrogens is 234 g/mol. The van der Waals surface area contributed by atoms with Gasteiger partial charge in [0.15, 0.2) is 0 Å². The van der Waals surface area contributed by atoms with Crippen LogP contribution >= 0.6 is 12.4 Å². The van der Waals surface area contributed by atoms with Gasteiger partial charge in [-0.3, -0.25) is 9.80 Å². The quantitative estimate of drug-likeness (QED) is 0.840. The number of nitrogens with zero attached hydrogens (tertiary/aromatic N) is 2. The van der Waals surface area contributed by atoms with Crippen molar-refractivity contribution in [3.63, 3.8) is 0 Å². The summed E-state index contributed by atoms with van der Waals surface area (Å²) >= 11 is 0. The van der Waals surface area contributed by atoms with Crippen molar-refractivity contribution >= 4 is 12.4 Å². The molecule has 0 saturated carbocycles. The highest BCUT2D eigenvalue weighted by Crippen LogP contribution is 2.20. The first-order valence-electron chi connectivity index (χ1n) is 6.80. The summed E-state index contributed by atoms with van der Waals surface area (Å²) < 4.78 is 0. The third-order valence-corrected chi connectivity index (χ3v) is 3.79. The number of nitrogens with two attached hydrogens (primary N) is 1. The lowest BCUT2D eigenvalue weighted by Gasteiger charge is -2.33. The normalized spacial score (nSPS) is 28.1. The van der Waals surface area contributed by atoms with Gasteiger partial charge < -0.3 is 5.73 Å². The fourth-order valence-electron chi connectivity index (χ4n) is 3.11. The summed E-state index contributed by atoms with van der Waals surface area (Å²) in [5.41, 5.74) is 6.04. The van der Waals surface area contributed by atoms with E-state index in [-0.39, 0.29) is 17.9 Å². The van der Waals surface area contributed by atoms with E-state index in [2.05, 4.69) is 23.6 Å². The first-order valence-corrected chi connectivity index (χ1v) is 6.80. The van der Waals surface area contributed by atoms with Crippen LogP contribution in [0.4, 0.5) is 0 Å². The van der Waals surface area contributed by atoms with Gasteiger partial charge in [-0.15, -0.1) is 12.4 Å². The van der Waals surface area contributed by atoms with Crippen LogP contribution in [0.2, 0.25) is 0 Å². The Kier molecular flexibility index (Phi) is 5.71. The number of hydrogen-bond donors (Lipinski definition) is 1. The van der Waals surface area contributed by atoms with E-state index in [0.717, 1.165) is 12.6 Å². The van der Waals surface area contributed by atoms with Crippen molar-refractivity contribution in [2.45, 2.75) is 51.1 Å². The molecule has 1 atom stereocenters. The maximum Gasteiger partial charge on any atom is 0.0235 e. The summed E-state index contributed by atoms with van der Waals surface area (Å²) in [4.78, 5) is 5.24. The standard InChI is InChI=1S/C13H27N3.ClH/c1-13(2,14)11-15-9-6-12(10-15)16-7-4-3-5-8-16;/h12H,3-11,14H2,1-2H3;1H. The minimum absolute atomic E-state index is 0. The molecule has 2 N–H and O–H groups in total. The summed E-state index contributed by atoms with van der Waals surface area (Å²) in [5, 5.41) is 0. The molecule has 2 aliphatic rings. The van der Waals surface area contributed by atoms with Crippen LogP contribution < -0.4 is 5.73 Å². The van der Waals surface area contributed by atoms with Gasteiger partial charge in [0, 0.05) is 24.7 Å². The molecule has 0 aliphatic carbocycles. The zero-order valence-electron chi connectivity index (χ0n) is 11.3. The lowest BCUT2D eigenvalue weighted by molar-refractivity contribution is 0.158. The molecule has 2 heterocycles. The topological polar surface area (TPSA) is 32.5 Å². The van der Waals surface area contributed by atoms with Gasteiger partial charge in [-0.05, 0) is 52.7 Å². The number of hydrogen-bond acceptors (Lipinski definition) is 3. The van der Waals surface area contributed by atoms with Gasteiger partial charge in [-0.25, -0.2) is 0 Å². The Morgan fingerprint density at radius 3 is 2.35 bits per heavy atom. The molecule has 0 aromatic rings. The molecule has 0 aromatic heterocycles. The van der Waals surface area contributed by atoms with Crippen LogP contribution in [0, 0.1) is 0 Å². The fourth-order valence-corrected chi connectivity index (χ4v) is 3.11. The number of rotatable bonds is 3. The highest BCUT2D eigenvalue weighted by atomic mass is 35.5. The van der Waals surface area contributed by atoms with Crippen molar-refractivity contribution in [1.82, 2.24) is 9.80 Å². The molecule has 4 heteroatoms. The van der Waals surface area contributed by atoms with Crippen LogP contribution in [0.15, 0.2) is 0 Å². The average Bonchev–Trinajstić information content (AvgIpc) is 2.65. The molecule has 0 spiro atoms. The molecule has 3 nitrogen and oxygen atoms in total. The zero-order chi connectivity index (χ0) is 11.6. The van der Waals surface area contributed by atoms with Crippen LogP contribution in [-0.2, 0) is 0 Å². The minimum Gasteiger partial charge on any atom is -0.324 e. The van der Waals surface area contributed by atoms with E-state index in [1.54, 1.807) is 0 Å². The van der Waals surface area contributed by atoms with Crippen molar-refractivity contribution in [2.24, 2.45) is 5.73 Å². The molecule has 0 radical (unpaired) electrons. The predicted octanol–water partition coefficient (Wildman–Crippen LogP) is 1.71. The number of halogens is 1. The highest BCUT2D eigenvalue weighted by Gasteiger charge is 2.30. The van der Waals surface area contributed by atoms with Gasteiger partial charge in [0.1, 0.15) is 0 Å². The largest absolute Gasteiger partial charge is 0.324 e. The first kappa shape index (κ1) is 15.2. The van der Waals surface area contributed by atoms with Crippen LogP contribution in [0.3, 0.4) is 0 Å². The monoisotopic (exact) mass is 261 g/mol. The van der Waals surface area contributed by atoms with E-state index in [1.165, 1.54) is 51.9 Å². The van der Waals surface area contributed by atoms with Crippen molar-refractivity contribution < 1.29 is 0 Å². The molecular formula is C13H28ClN3. The van der Waals surface area contributed by atoms with Gasteiger partial charge >= 0.3 is 0 Å². The van der Waals surface area contributed by atoms with Gasteiger partial charge in [-0.2, -0.15) is 0 Å². The van der Waals surface area contributed by atoms with Gasteiger partial charge in [0.25, 0.3) is 0 Å². The lowest BCUT2D eigenvalue weighted by atomic mass is 10.1. The van der Waals surface area contributed by atoms with E-state index in [0.29, 0.717) is 0 Å². The molecule has 102 valence electrons. The Bertz CT molecular complexity index is 221. The van der Waals surface area contributed by atoms with Crippen molar-refractivity contribution in [1.29, 1.82) is 0 Å². The maximum atomic E-state index is 6.08. The van der Waals surface area contributed by atoms with E-state index in [4.69, 9.17) is 5.73 Å². The van der Waals surface area contributed by atoms with Crippen LogP contribution in [-0.4, -0.2) is 54.1 Å². The summed E-state index contributed by atoms with van der Waals surface area (Å²) in [6, 6.07) is 0.808. The van der Waals surface area contributed by atoms with E-state index in [9.17, 15) is 0 Å². The molecule has 1 unspecified atom stereocenters. The van der Waals surface area contributed by atoms with Gasteiger partial charge in [-0.1, -0.05) is 6.42 Å². The maximum absolute atomic E-state index is 6.08. The second-order valence-electron chi connectivity index (χ2n) is 6.26. The average molecular weight is 262 g/mol. The van der Waals surface area contributed by atoms with Crippen LogP contribution in [0.25, 0.3) is 0 Å². The Morgan fingerprint density at radius 2 is 1.76 bits per heavy atom. The summed E-state index contributed by atoms with van der Waals surface area (Å²) in [6.45, 7) is 10.4. The minimum atomic E-state index is -0.0449. The lowest BCUT2D eigenvalue weighted by Crippen LogP contribution is -2.46. The van der Waals surface area contributed by atoms with Crippen molar-refractivity contribution in [3.8, 4) is 0 Å². The Hall–Kier alpha value is 0.170. The predicted molar refractivity (Wildman–Crippen MR) is 75.8 cm³/mol. The molecule has 0 bridgehead atoms. The molecule has 2 fully saturated rings. The first-order chi connectivity index (χ1) is 7.54. The van der Waals surface area contributed by atoms with Gasteiger partial charge in [0.2, 0.25) is 0 Å². The molecule has 0 amide bonds. The third-order valence-electron chi connectivity index (χ3n) is 3.79. The van der Waals surface area contributed by atoms with Crippen LogP contribution in [0.5, 0.6) is 0 Å². The summed E-state index contributed by atoms with van der Waals surface area (Å²) in [7, 11) is 0. The Morgan fingerprint density at radius 1 is 1.12 bits per heavy atom. The Labute approximate surface area is 112 Å². The second-order valence-corrected chi connectivity index (χ2v) is 6.26. The smallest absolute Gasteiger partial charge is 0.0235 e.